The van der Waals surface area contributed by atoms with Gasteiger partial charge in [-0.25, -0.2) is 9.97 Å². The molecule has 0 bridgehead atoms. The number of thioether (sulfide) groups is 1. The van der Waals surface area contributed by atoms with E-state index in [9.17, 15) is 4.79 Å². The second-order valence-electron chi connectivity index (χ2n) is 5.05. The fourth-order valence-electron chi connectivity index (χ4n) is 2.06. The van der Waals surface area contributed by atoms with Gasteiger partial charge in [-0.15, -0.1) is 0 Å². The van der Waals surface area contributed by atoms with Crippen LogP contribution in [0.15, 0.2) is 66.3 Å². The standard InChI is InChI=1S/C18H16N4O2S.C2H6/c23-17(24-12-7-14-4-9-19-10-5-14)13-25-18-21-11-6-16(22-18)15-3-1-2-8-20-15;1-2/h1-6,8-11H,7,12-13H2;1-2H3. The highest BCUT2D eigenvalue weighted by Crippen LogP contribution is 2.18. The summed E-state index contributed by atoms with van der Waals surface area (Å²) in [5.74, 6) is -0.118. The quantitative estimate of drug-likeness (QED) is 0.349. The summed E-state index contributed by atoms with van der Waals surface area (Å²) >= 11 is 1.25. The molecule has 0 unspecified atom stereocenters. The Balaban J connectivity index is 0.00000126. The molecule has 3 heterocycles. The molecule has 3 aromatic heterocycles. The zero-order valence-corrected chi connectivity index (χ0v) is 16.2. The first-order valence-corrected chi connectivity index (χ1v) is 9.71. The van der Waals surface area contributed by atoms with Gasteiger partial charge in [0.15, 0.2) is 5.16 Å². The molecular weight excluding hydrogens is 360 g/mol. The van der Waals surface area contributed by atoms with Crippen LogP contribution in [0, 0.1) is 0 Å². The molecule has 27 heavy (non-hydrogen) atoms. The van der Waals surface area contributed by atoms with Crippen LogP contribution in [0.4, 0.5) is 0 Å². The van der Waals surface area contributed by atoms with Gasteiger partial charge in [0.05, 0.1) is 23.7 Å². The zero-order chi connectivity index (χ0) is 19.3. The lowest BCUT2D eigenvalue weighted by molar-refractivity contribution is -0.140. The van der Waals surface area contributed by atoms with Crippen molar-refractivity contribution in [2.45, 2.75) is 25.4 Å². The Morgan fingerprint density at radius 2 is 1.78 bits per heavy atom. The van der Waals surface area contributed by atoms with Gasteiger partial charge < -0.3 is 4.74 Å². The highest BCUT2D eigenvalue weighted by Gasteiger charge is 2.08. The minimum absolute atomic E-state index is 0.169. The lowest BCUT2D eigenvalue weighted by atomic mass is 10.2. The maximum atomic E-state index is 11.8. The summed E-state index contributed by atoms with van der Waals surface area (Å²) in [5, 5.41) is 0.522. The van der Waals surface area contributed by atoms with Gasteiger partial charge in [0.2, 0.25) is 0 Å². The molecular formula is C20H22N4O2S. The molecule has 0 fully saturated rings. The maximum Gasteiger partial charge on any atom is 0.316 e. The summed E-state index contributed by atoms with van der Waals surface area (Å²) < 4.78 is 5.23. The molecule has 0 aliphatic rings. The maximum absolute atomic E-state index is 11.8. The number of ether oxygens (including phenoxy) is 1. The molecule has 3 rings (SSSR count). The third kappa shape index (κ3) is 7.15. The van der Waals surface area contributed by atoms with Crippen LogP contribution >= 0.6 is 11.8 Å². The van der Waals surface area contributed by atoms with Crippen LogP contribution in [-0.2, 0) is 16.0 Å². The van der Waals surface area contributed by atoms with Gasteiger partial charge in [-0.3, -0.25) is 14.8 Å². The van der Waals surface area contributed by atoms with Crippen molar-refractivity contribution in [3.63, 3.8) is 0 Å². The molecule has 0 aromatic carbocycles. The second kappa shape index (κ2) is 11.7. The zero-order valence-electron chi connectivity index (χ0n) is 15.4. The van der Waals surface area contributed by atoms with E-state index in [4.69, 9.17) is 4.74 Å². The van der Waals surface area contributed by atoms with Crippen LogP contribution in [0.25, 0.3) is 11.4 Å². The first-order chi connectivity index (χ1) is 13.3. The lowest BCUT2D eigenvalue weighted by Gasteiger charge is -2.05. The minimum atomic E-state index is -0.286. The van der Waals surface area contributed by atoms with Crippen molar-refractivity contribution in [2.24, 2.45) is 0 Å². The van der Waals surface area contributed by atoms with Gasteiger partial charge in [0.25, 0.3) is 0 Å². The third-order valence-electron chi connectivity index (χ3n) is 3.28. The molecule has 0 spiro atoms. The highest BCUT2D eigenvalue weighted by atomic mass is 32.2. The summed E-state index contributed by atoms with van der Waals surface area (Å²) in [6.45, 7) is 4.35. The van der Waals surface area contributed by atoms with E-state index in [1.165, 1.54) is 11.8 Å². The smallest absolute Gasteiger partial charge is 0.316 e. The first kappa shape index (κ1) is 20.5. The Bertz CT molecular complexity index is 816. The summed E-state index contributed by atoms with van der Waals surface area (Å²) in [6, 6.07) is 11.2. The van der Waals surface area contributed by atoms with E-state index in [-0.39, 0.29) is 11.7 Å². The van der Waals surface area contributed by atoms with Crippen LogP contribution in [-0.4, -0.2) is 38.3 Å². The van der Waals surface area contributed by atoms with Crippen LogP contribution in [0.1, 0.15) is 19.4 Å². The lowest BCUT2D eigenvalue weighted by Crippen LogP contribution is -2.10. The van der Waals surface area contributed by atoms with Crippen molar-refractivity contribution in [1.82, 2.24) is 19.9 Å². The van der Waals surface area contributed by atoms with E-state index in [0.29, 0.717) is 18.2 Å². The van der Waals surface area contributed by atoms with E-state index in [0.717, 1.165) is 17.0 Å². The average molecular weight is 382 g/mol. The SMILES string of the molecule is CC.O=C(CSc1nccc(-c2ccccn2)n1)OCCc1ccncc1. The van der Waals surface area contributed by atoms with Crippen molar-refractivity contribution in [2.75, 3.05) is 12.4 Å². The molecule has 0 amide bonds. The number of rotatable bonds is 7. The molecule has 0 aliphatic carbocycles. The fraction of sp³-hybridized carbons (Fsp3) is 0.250. The number of hydrogen-bond acceptors (Lipinski definition) is 7. The summed E-state index contributed by atoms with van der Waals surface area (Å²) in [6.07, 6.45) is 7.49. The molecule has 140 valence electrons. The van der Waals surface area contributed by atoms with Crippen molar-refractivity contribution < 1.29 is 9.53 Å². The molecule has 0 radical (unpaired) electrons. The van der Waals surface area contributed by atoms with Gasteiger partial charge in [0, 0.05) is 31.2 Å². The Kier molecular flexibility index (Phi) is 8.92. The van der Waals surface area contributed by atoms with Crippen molar-refractivity contribution >= 4 is 17.7 Å². The predicted octanol–water partition coefficient (Wildman–Crippen LogP) is 3.84. The Labute approximate surface area is 163 Å². The predicted molar refractivity (Wildman–Crippen MR) is 106 cm³/mol. The molecule has 0 N–H and O–H groups in total. The van der Waals surface area contributed by atoms with Gasteiger partial charge in [-0.1, -0.05) is 31.7 Å². The monoisotopic (exact) mass is 382 g/mol. The van der Waals surface area contributed by atoms with Crippen LogP contribution in [0.2, 0.25) is 0 Å². The number of pyridine rings is 2. The third-order valence-corrected chi connectivity index (χ3v) is 4.12. The van der Waals surface area contributed by atoms with E-state index in [1.807, 2.05) is 44.2 Å². The second-order valence-corrected chi connectivity index (χ2v) is 6.00. The van der Waals surface area contributed by atoms with Crippen LogP contribution in [0.3, 0.4) is 0 Å². The minimum Gasteiger partial charge on any atom is -0.465 e. The van der Waals surface area contributed by atoms with Crippen molar-refractivity contribution in [3.8, 4) is 11.4 Å². The topological polar surface area (TPSA) is 77.9 Å². The average Bonchev–Trinajstić information content (AvgIpc) is 2.75. The van der Waals surface area contributed by atoms with Gasteiger partial charge >= 0.3 is 5.97 Å². The van der Waals surface area contributed by atoms with Crippen LogP contribution < -0.4 is 0 Å². The van der Waals surface area contributed by atoms with E-state index >= 15 is 0 Å². The van der Waals surface area contributed by atoms with Crippen molar-refractivity contribution in [1.29, 1.82) is 0 Å². The van der Waals surface area contributed by atoms with Crippen molar-refractivity contribution in [3.05, 3.63) is 66.7 Å². The van der Waals surface area contributed by atoms with Crippen LogP contribution in [0.5, 0.6) is 0 Å². The Morgan fingerprint density at radius 3 is 2.52 bits per heavy atom. The largest absolute Gasteiger partial charge is 0.465 e. The van der Waals surface area contributed by atoms with E-state index in [2.05, 4.69) is 19.9 Å². The number of esters is 1. The molecule has 0 saturated carbocycles. The highest BCUT2D eigenvalue weighted by molar-refractivity contribution is 7.99. The number of hydrogen-bond donors (Lipinski definition) is 0. The fourth-order valence-corrected chi connectivity index (χ4v) is 2.69. The summed E-state index contributed by atoms with van der Waals surface area (Å²) in [5.41, 5.74) is 2.58. The molecule has 0 atom stereocenters. The molecule has 0 saturated heterocycles. The first-order valence-electron chi connectivity index (χ1n) is 8.73. The molecule has 0 aliphatic heterocycles. The van der Waals surface area contributed by atoms with Gasteiger partial charge in [-0.05, 0) is 35.9 Å². The van der Waals surface area contributed by atoms with Gasteiger partial charge in [0.1, 0.15) is 0 Å². The normalized spacial score (nSPS) is 9.85. The molecule has 3 aromatic rings. The number of carbonyl (C=O) groups is 1. The summed E-state index contributed by atoms with van der Waals surface area (Å²) in [4.78, 5) is 28.6. The van der Waals surface area contributed by atoms with E-state index < -0.39 is 0 Å². The molecule has 7 heteroatoms. The summed E-state index contributed by atoms with van der Waals surface area (Å²) in [7, 11) is 0. The van der Waals surface area contributed by atoms with Gasteiger partial charge in [-0.2, -0.15) is 0 Å². The Morgan fingerprint density at radius 1 is 0.963 bits per heavy atom. The molecule has 6 nitrogen and oxygen atoms in total. The Hall–Kier alpha value is -2.80. The number of aromatic nitrogens is 4. The number of carbonyl (C=O) groups excluding carboxylic acids is 1. The van der Waals surface area contributed by atoms with E-state index in [1.54, 1.807) is 30.9 Å². The number of nitrogens with zero attached hydrogens (tertiary/aromatic N) is 4.